The van der Waals surface area contributed by atoms with Gasteiger partial charge in [0.25, 0.3) is 0 Å². The maximum Gasteiger partial charge on any atom is 0.232 e. The lowest BCUT2D eigenvalue weighted by atomic mass is 10.3. The van der Waals surface area contributed by atoms with Gasteiger partial charge in [-0.25, -0.2) is 0 Å². The maximum atomic E-state index is 12.1. The smallest absolute Gasteiger partial charge is 0.232 e. The van der Waals surface area contributed by atoms with E-state index in [0.717, 1.165) is 36.5 Å². The zero-order valence-corrected chi connectivity index (χ0v) is 12.0. The Labute approximate surface area is 114 Å². The number of rotatable bonds is 7. The first-order chi connectivity index (χ1) is 8.67. The quantitative estimate of drug-likeness (QED) is 0.609. The summed E-state index contributed by atoms with van der Waals surface area (Å²) in [7, 11) is 0. The van der Waals surface area contributed by atoms with Crippen molar-refractivity contribution in [1.29, 1.82) is 0 Å². The van der Waals surface area contributed by atoms with Gasteiger partial charge >= 0.3 is 0 Å². The molecular formula is C14H22N2OS. The first kappa shape index (κ1) is 14.9. The molecule has 0 radical (unpaired) electrons. The normalized spacial score (nSPS) is 10.3. The average molecular weight is 266 g/mol. The minimum absolute atomic E-state index is 0.214. The fraction of sp³-hybridized carbons (Fsp3) is 0.500. The summed E-state index contributed by atoms with van der Waals surface area (Å²) >= 11 is 1.55. The molecule has 0 atom stereocenters. The molecule has 1 rings (SSSR count). The number of nitrogens with zero attached hydrogens (tertiary/aromatic N) is 1. The number of carbonyl (C=O) groups is 1. The van der Waals surface area contributed by atoms with Crippen LogP contribution in [0, 0.1) is 0 Å². The van der Waals surface area contributed by atoms with Crippen LogP contribution in [0.2, 0.25) is 0 Å². The lowest BCUT2D eigenvalue weighted by Gasteiger charge is -2.21. The Balaban J connectivity index is 2.48. The average Bonchev–Trinajstić information content (AvgIpc) is 2.36. The van der Waals surface area contributed by atoms with E-state index in [0.29, 0.717) is 5.75 Å². The van der Waals surface area contributed by atoms with Crippen LogP contribution in [-0.2, 0) is 4.79 Å². The molecule has 0 spiro atoms. The fourth-order valence-electron chi connectivity index (χ4n) is 1.74. The minimum atomic E-state index is 0.214. The van der Waals surface area contributed by atoms with Gasteiger partial charge in [0, 0.05) is 23.7 Å². The molecule has 0 unspecified atom stereocenters. The molecule has 18 heavy (non-hydrogen) atoms. The second kappa shape index (κ2) is 8.03. The van der Waals surface area contributed by atoms with Crippen molar-refractivity contribution >= 4 is 23.4 Å². The fourth-order valence-corrected chi connectivity index (χ4v) is 2.61. The van der Waals surface area contributed by atoms with Gasteiger partial charge in [-0.15, -0.1) is 11.8 Å². The highest BCUT2D eigenvalue weighted by Crippen LogP contribution is 2.20. The van der Waals surface area contributed by atoms with Gasteiger partial charge < -0.3 is 10.6 Å². The Morgan fingerprint density at radius 1 is 1.28 bits per heavy atom. The Morgan fingerprint density at radius 2 is 1.94 bits per heavy atom. The van der Waals surface area contributed by atoms with Gasteiger partial charge in [0.2, 0.25) is 5.91 Å². The zero-order valence-electron chi connectivity index (χ0n) is 11.2. The molecule has 4 heteroatoms. The van der Waals surface area contributed by atoms with Crippen molar-refractivity contribution in [3.63, 3.8) is 0 Å². The number of nitrogens with two attached hydrogens (primary N) is 1. The molecule has 3 nitrogen and oxygen atoms in total. The summed E-state index contributed by atoms with van der Waals surface area (Å²) in [6, 6.07) is 7.66. The van der Waals surface area contributed by atoms with E-state index >= 15 is 0 Å². The highest BCUT2D eigenvalue weighted by molar-refractivity contribution is 8.00. The van der Waals surface area contributed by atoms with E-state index < -0.39 is 0 Å². The van der Waals surface area contributed by atoms with Crippen LogP contribution in [0.1, 0.15) is 26.7 Å². The summed E-state index contributed by atoms with van der Waals surface area (Å²) in [6.07, 6.45) is 2.02. The highest BCUT2D eigenvalue weighted by Gasteiger charge is 2.11. The lowest BCUT2D eigenvalue weighted by molar-refractivity contribution is -0.128. The molecule has 100 valence electrons. The van der Waals surface area contributed by atoms with Crippen LogP contribution in [0.5, 0.6) is 0 Å². The predicted octanol–water partition coefficient (Wildman–Crippen LogP) is 3.01. The van der Waals surface area contributed by atoms with Crippen LogP contribution in [0.4, 0.5) is 5.69 Å². The molecule has 0 heterocycles. The molecule has 0 aliphatic carbocycles. The summed E-state index contributed by atoms with van der Waals surface area (Å²) in [4.78, 5) is 15.1. The topological polar surface area (TPSA) is 46.3 Å². The first-order valence-electron chi connectivity index (χ1n) is 6.43. The third-order valence-corrected chi connectivity index (χ3v) is 3.54. The maximum absolute atomic E-state index is 12.1. The van der Waals surface area contributed by atoms with Crippen molar-refractivity contribution < 1.29 is 4.79 Å². The van der Waals surface area contributed by atoms with Crippen molar-refractivity contribution in [1.82, 2.24) is 4.90 Å². The summed E-state index contributed by atoms with van der Waals surface area (Å²) in [5.74, 6) is 0.704. The van der Waals surface area contributed by atoms with Crippen molar-refractivity contribution in [2.75, 3.05) is 24.6 Å². The Bertz CT molecular complexity index is 376. The highest BCUT2D eigenvalue weighted by atomic mass is 32.2. The van der Waals surface area contributed by atoms with Gasteiger partial charge in [0.15, 0.2) is 0 Å². The number of anilines is 1. The molecule has 0 aliphatic rings. The van der Waals surface area contributed by atoms with Crippen LogP contribution in [0.3, 0.4) is 0 Å². The second-order valence-electron chi connectivity index (χ2n) is 4.24. The van der Waals surface area contributed by atoms with E-state index in [2.05, 4.69) is 13.8 Å². The Hall–Kier alpha value is -1.16. The lowest BCUT2D eigenvalue weighted by Crippen LogP contribution is -2.33. The number of thioether (sulfide) groups is 1. The number of carbonyl (C=O) groups excluding carboxylic acids is 1. The third-order valence-electron chi connectivity index (χ3n) is 2.56. The molecule has 1 amide bonds. The molecule has 0 saturated heterocycles. The molecule has 1 aromatic rings. The molecule has 0 bridgehead atoms. The van der Waals surface area contributed by atoms with Crippen molar-refractivity contribution in [3.05, 3.63) is 24.3 Å². The van der Waals surface area contributed by atoms with Crippen molar-refractivity contribution in [2.24, 2.45) is 0 Å². The monoisotopic (exact) mass is 266 g/mol. The van der Waals surface area contributed by atoms with Gasteiger partial charge in [-0.05, 0) is 31.0 Å². The molecule has 0 fully saturated rings. The summed E-state index contributed by atoms with van der Waals surface area (Å²) in [5, 5.41) is 0. The van der Waals surface area contributed by atoms with E-state index in [1.54, 1.807) is 11.8 Å². The number of amides is 1. The largest absolute Gasteiger partial charge is 0.399 e. The molecule has 0 saturated carbocycles. The zero-order chi connectivity index (χ0) is 13.4. The van der Waals surface area contributed by atoms with Crippen LogP contribution < -0.4 is 5.73 Å². The van der Waals surface area contributed by atoms with E-state index in [4.69, 9.17) is 5.73 Å². The predicted molar refractivity (Wildman–Crippen MR) is 78.7 cm³/mol. The number of hydrogen-bond donors (Lipinski definition) is 1. The number of hydrogen-bond acceptors (Lipinski definition) is 3. The van der Waals surface area contributed by atoms with Gasteiger partial charge in [-0.1, -0.05) is 19.9 Å². The van der Waals surface area contributed by atoms with Gasteiger partial charge in [-0.2, -0.15) is 0 Å². The van der Waals surface area contributed by atoms with E-state index in [-0.39, 0.29) is 5.91 Å². The van der Waals surface area contributed by atoms with Gasteiger partial charge in [0.1, 0.15) is 0 Å². The summed E-state index contributed by atoms with van der Waals surface area (Å²) < 4.78 is 0. The van der Waals surface area contributed by atoms with Crippen LogP contribution >= 0.6 is 11.8 Å². The molecule has 1 aromatic carbocycles. The summed E-state index contributed by atoms with van der Waals surface area (Å²) in [5.41, 5.74) is 6.45. The number of benzene rings is 1. The van der Waals surface area contributed by atoms with Gasteiger partial charge in [-0.3, -0.25) is 4.79 Å². The van der Waals surface area contributed by atoms with E-state index in [1.807, 2.05) is 29.2 Å². The Kier molecular flexibility index (Phi) is 6.65. The van der Waals surface area contributed by atoms with Crippen LogP contribution in [-0.4, -0.2) is 29.6 Å². The van der Waals surface area contributed by atoms with Gasteiger partial charge in [0.05, 0.1) is 5.75 Å². The molecule has 0 aromatic heterocycles. The van der Waals surface area contributed by atoms with Crippen LogP contribution in [0.25, 0.3) is 0 Å². The van der Waals surface area contributed by atoms with Crippen LogP contribution in [0.15, 0.2) is 29.2 Å². The Morgan fingerprint density at radius 3 is 2.50 bits per heavy atom. The van der Waals surface area contributed by atoms with Crippen molar-refractivity contribution in [3.8, 4) is 0 Å². The SMILES string of the molecule is CCCN(CCC)C(=O)CSc1cccc(N)c1. The minimum Gasteiger partial charge on any atom is -0.399 e. The number of nitrogen functional groups attached to an aromatic ring is 1. The summed E-state index contributed by atoms with van der Waals surface area (Å²) in [6.45, 7) is 5.90. The third kappa shape index (κ3) is 5.00. The van der Waals surface area contributed by atoms with E-state index in [1.165, 1.54) is 0 Å². The molecular weight excluding hydrogens is 244 g/mol. The first-order valence-corrected chi connectivity index (χ1v) is 7.42. The molecule has 2 N–H and O–H groups in total. The standard InChI is InChI=1S/C14H22N2OS/c1-3-8-16(9-4-2)14(17)11-18-13-7-5-6-12(15)10-13/h5-7,10H,3-4,8-9,11,15H2,1-2H3. The van der Waals surface area contributed by atoms with Crippen molar-refractivity contribution in [2.45, 2.75) is 31.6 Å². The van der Waals surface area contributed by atoms with E-state index in [9.17, 15) is 4.79 Å². The molecule has 0 aliphatic heterocycles. The second-order valence-corrected chi connectivity index (χ2v) is 5.29.